The van der Waals surface area contributed by atoms with Crippen LogP contribution < -0.4 is 4.90 Å². The Kier molecular flexibility index (Phi) is 6.70. The molecule has 6 rings (SSSR count). The van der Waals surface area contributed by atoms with Gasteiger partial charge in [-0.1, -0.05) is 42.5 Å². The zero-order chi connectivity index (χ0) is 25.4. The van der Waals surface area contributed by atoms with Crippen molar-refractivity contribution in [3.8, 4) is 0 Å². The Labute approximate surface area is 221 Å². The Morgan fingerprint density at radius 2 is 1.57 bits per heavy atom. The number of piperidine rings is 1. The zero-order valence-electron chi connectivity index (χ0n) is 22.1. The topological polar surface area (TPSA) is 47.1 Å². The summed E-state index contributed by atoms with van der Waals surface area (Å²) in [7, 11) is 0. The number of hydrogen-bond acceptors (Lipinski definition) is 4. The van der Waals surface area contributed by atoms with E-state index in [1.54, 1.807) is 4.90 Å². The molecular formula is C31H40N4O2. The Balaban J connectivity index is 1.10. The Morgan fingerprint density at radius 3 is 2.24 bits per heavy atom. The molecule has 0 aromatic heterocycles. The van der Waals surface area contributed by atoms with Crippen molar-refractivity contribution >= 4 is 17.6 Å². The number of likely N-dealkylation sites (tertiary alicyclic amines) is 1. The highest BCUT2D eigenvalue weighted by molar-refractivity contribution is 6.07. The number of carbonyl (C=O) groups is 2. The molecule has 6 heteroatoms. The van der Waals surface area contributed by atoms with Crippen molar-refractivity contribution in [3.05, 3.63) is 65.7 Å². The van der Waals surface area contributed by atoms with Gasteiger partial charge in [0.15, 0.2) is 0 Å². The summed E-state index contributed by atoms with van der Waals surface area (Å²) in [5.74, 6) is 0.491. The summed E-state index contributed by atoms with van der Waals surface area (Å²) in [5.41, 5.74) is 3.31. The lowest BCUT2D eigenvalue weighted by atomic mass is 9.85. The van der Waals surface area contributed by atoms with Crippen molar-refractivity contribution in [1.29, 1.82) is 0 Å². The predicted octanol–water partition coefficient (Wildman–Crippen LogP) is 5.24. The molecule has 0 N–H and O–H groups in total. The molecule has 2 aromatic carbocycles. The van der Waals surface area contributed by atoms with Gasteiger partial charge in [0.2, 0.25) is 0 Å². The quantitative estimate of drug-likeness (QED) is 0.509. The van der Waals surface area contributed by atoms with Gasteiger partial charge in [0.05, 0.1) is 0 Å². The lowest BCUT2D eigenvalue weighted by molar-refractivity contribution is -0.137. The van der Waals surface area contributed by atoms with E-state index in [4.69, 9.17) is 0 Å². The van der Waals surface area contributed by atoms with Crippen LogP contribution in [0.1, 0.15) is 68.9 Å². The molecule has 2 atom stereocenters. The fourth-order valence-electron chi connectivity index (χ4n) is 7.33. The van der Waals surface area contributed by atoms with Crippen LogP contribution in [0.3, 0.4) is 0 Å². The second-order valence-corrected chi connectivity index (χ2v) is 11.4. The normalized spacial score (nSPS) is 26.1. The number of nitrogens with zero attached hydrogens (tertiary/aromatic N) is 4. The minimum atomic E-state index is -0.660. The number of hydrogen-bond donors (Lipinski definition) is 0. The fraction of sp³-hybridized carbons (Fsp3) is 0.548. The number of rotatable bonds is 6. The number of anilines is 1. The van der Waals surface area contributed by atoms with E-state index in [2.05, 4.69) is 58.3 Å². The average Bonchev–Trinajstić information content (AvgIpc) is 3.67. The third-order valence-electron chi connectivity index (χ3n) is 9.42. The molecular weight excluding hydrogens is 460 g/mol. The van der Waals surface area contributed by atoms with Gasteiger partial charge in [0.1, 0.15) is 5.54 Å². The molecule has 1 spiro atoms. The standard InChI is InChI=1S/C31H40N4O2/c1-2-34-30(37)35(28-15-12-26(22-28)25-8-4-3-5-9-25)29(36)31(34)16-20-32(21-17-31)23-24-10-13-27(14-11-24)33-18-6-7-19-33/h3-5,8-11,13-14,26,28H,2,6-7,12,15-23H2,1H3. The van der Waals surface area contributed by atoms with E-state index in [0.29, 0.717) is 12.5 Å². The van der Waals surface area contributed by atoms with Crippen molar-refractivity contribution < 1.29 is 9.59 Å². The molecule has 3 heterocycles. The van der Waals surface area contributed by atoms with E-state index in [1.807, 2.05) is 17.9 Å². The molecule has 3 aliphatic heterocycles. The van der Waals surface area contributed by atoms with Gasteiger partial charge in [0, 0.05) is 51.0 Å². The van der Waals surface area contributed by atoms with Crippen molar-refractivity contribution in [2.45, 2.75) is 75.9 Å². The van der Waals surface area contributed by atoms with Gasteiger partial charge in [-0.2, -0.15) is 0 Å². The van der Waals surface area contributed by atoms with Crippen LogP contribution in [0.2, 0.25) is 0 Å². The minimum absolute atomic E-state index is 0.0192. The van der Waals surface area contributed by atoms with E-state index in [9.17, 15) is 9.59 Å². The van der Waals surface area contributed by atoms with Gasteiger partial charge in [-0.25, -0.2) is 4.79 Å². The van der Waals surface area contributed by atoms with Crippen LogP contribution in [0.4, 0.5) is 10.5 Å². The molecule has 0 radical (unpaired) electrons. The van der Waals surface area contributed by atoms with Gasteiger partial charge < -0.3 is 9.80 Å². The number of likely N-dealkylation sites (N-methyl/N-ethyl adjacent to an activating group) is 1. The first-order valence-electron chi connectivity index (χ1n) is 14.4. The zero-order valence-corrected chi connectivity index (χ0v) is 22.1. The Morgan fingerprint density at radius 1 is 0.865 bits per heavy atom. The first-order valence-corrected chi connectivity index (χ1v) is 14.4. The molecule has 0 bridgehead atoms. The third kappa shape index (κ3) is 4.43. The number of amides is 3. The maximum Gasteiger partial charge on any atom is 0.327 e. The van der Waals surface area contributed by atoms with Crippen molar-refractivity contribution in [1.82, 2.24) is 14.7 Å². The predicted molar refractivity (Wildman–Crippen MR) is 147 cm³/mol. The Bertz CT molecular complexity index is 1100. The summed E-state index contributed by atoms with van der Waals surface area (Å²) in [5, 5.41) is 0. The SMILES string of the molecule is CCN1C(=O)N(C2CCC(c3ccccc3)C2)C(=O)C12CCN(Cc1ccc(N3CCCC3)cc1)CC2. The molecule has 37 heavy (non-hydrogen) atoms. The molecule has 1 aliphatic carbocycles. The molecule has 2 unspecified atom stereocenters. The molecule has 2 aromatic rings. The number of carbonyl (C=O) groups excluding carboxylic acids is 2. The van der Waals surface area contributed by atoms with Gasteiger partial charge in [-0.15, -0.1) is 0 Å². The summed E-state index contributed by atoms with van der Waals surface area (Å²) in [6.07, 6.45) is 6.86. The van der Waals surface area contributed by atoms with Crippen LogP contribution in [0, 0.1) is 0 Å². The van der Waals surface area contributed by atoms with Gasteiger partial charge >= 0.3 is 6.03 Å². The molecule has 6 nitrogen and oxygen atoms in total. The Hall–Kier alpha value is -2.86. The molecule has 1 saturated carbocycles. The number of urea groups is 1. The summed E-state index contributed by atoms with van der Waals surface area (Å²) in [6, 6.07) is 19.5. The van der Waals surface area contributed by atoms with E-state index < -0.39 is 5.54 Å². The highest BCUT2D eigenvalue weighted by Gasteiger charge is 2.59. The highest BCUT2D eigenvalue weighted by Crippen LogP contribution is 2.43. The van der Waals surface area contributed by atoms with Crippen molar-refractivity contribution in [3.63, 3.8) is 0 Å². The second-order valence-electron chi connectivity index (χ2n) is 11.4. The lowest BCUT2D eigenvalue weighted by Crippen LogP contribution is -2.56. The second kappa shape index (κ2) is 10.1. The van der Waals surface area contributed by atoms with Crippen LogP contribution in [0.15, 0.2) is 54.6 Å². The summed E-state index contributed by atoms with van der Waals surface area (Å²) in [6.45, 7) is 7.52. The first-order chi connectivity index (χ1) is 18.1. The maximum absolute atomic E-state index is 14.0. The van der Waals surface area contributed by atoms with Crippen LogP contribution in [-0.4, -0.2) is 70.9 Å². The lowest BCUT2D eigenvalue weighted by Gasteiger charge is -2.42. The maximum atomic E-state index is 14.0. The minimum Gasteiger partial charge on any atom is -0.372 e. The van der Waals surface area contributed by atoms with Gasteiger partial charge in [-0.3, -0.25) is 14.6 Å². The molecule has 4 aliphatic rings. The van der Waals surface area contributed by atoms with E-state index >= 15 is 0 Å². The summed E-state index contributed by atoms with van der Waals surface area (Å²) < 4.78 is 0. The summed E-state index contributed by atoms with van der Waals surface area (Å²) in [4.78, 5) is 36.0. The largest absolute Gasteiger partial charge is 0.372 e. The monoisotopic (exact) mass is 500 g/mol. The fourth-order valence-corrected chi connectivity index (χ4v) is 7.33. The van der Waals surface area contributed by atoms with Crippen molar-refractivity contribution in [2.24, 2.45) is 0 Å². The first kappa shape index (κ1) is 24.5. The smallest absolute Gasteiger partial charge is 0.327 e. The van der Waals surface area contributed by atoms with E-state index in [-0.39, 0.29) is 18.0 Å². The third-order valence-corrected chi connectivity index (χ3v) is 9.42. The molecule has 3 amide bonds. The van der Waals surface area contributed by atoms with Gasteiger partial charge in [-0.05, 0) is 81.0 Å². The van der Waals surface area contributed by atoms with E-state index in [0.717, 1.165) is 51.7 Å². The van der Waals surface area contributed by atoms with Crippen LogP contribution >= 0.6 is 0 Å². The van der Waals surface area contributed by atoms with Crippen molar-refractivity contribution in [2.75, 3.05) is 37.6 Å². The molecule has 3 saturated heterocycles. The molecule has 4 fully saturated rings. The van der Waals surface area contributed by atoms with Crippen LogP contribution in [0.5, 0.6) is 0 Å². The summed E-state index contributed by atoms with van der Waals surface area (Å²) >= 11 is 0. The number of benzene rings is 2. The average molecular weight is 501 g/mol. The number of imide groups is 1. The highest BCUT2D eigenvalue weighted by atomic mass is 16.2. The van der Waals surface area contributed by atoms with E-state index in [1.165, 1.54) is 42.7 Å². The van der Waals surface area contributed by atoms with Crippen LogP contribution in [0.25, 0.3) is 0 Å². The van der Waals surface area contributed by atoms with Crippen LogP contribution in [-0.2, 0) is 11.3 Å². The molecule has 196 valence electrons. The van der Waals surface area contributed by atoms with Gasteiger partial charge in [0.25, 0.3) is 5.91 Å².